The van der Waals surface area contributed by atoms with Crippen molar-refractivity contribution in [1.29, 1.82) is 0 Å². The molecule has 0 aromatic heterocycles. The fraction of sp³-hybridized carbons (Fsp3) is 0.917. The number of epoxide rings is 1. The van der Waals surface area contributed by atoms with Crippen molar-refractivity contribution in [3.05, 3.63) is 0 Å². The molecule has 1 heterocycles. The van der Waals surface area contributed by atoms with Gasteiger partial charge in [0, 0.05) is 18.4 Å². The van der Waals surface area contributed by atoms with Crippen LogP contribution in [0.2, 0.25) is 0 Å². The zero-order valence-electron chi connectivity index (χ0n) is 9.62. The average Bonchev–Trinajstić information content (AvgIpc) is 3.14. The third-order valence-corrected chi connectivity index (χ3v) is 4.33. The van der Waals surface area contributed by atoms with E-state index in [2.05, 4.69) is 5.32 Å². The van der Waals surface area contributed by atoms with Crippen LogP contribution in [0.4, 0.5) is 8.78 Å². The lowest BCUT2D eigenvalue weighted by Gasteiger charge is -2.16. The minimum atomic E-state index is -2.39. The van der Waals surface area contributed by atoms with E-state index in [4.69, 9.17) is 4.74 Å². The van der Waals surface area contributed by atoms with Crippen LogP contribution in [-0.4, -0.2) is 31.1 Å². The summed E-state index contributed by atoms with van der Waals surface area (Å²) in [6.45, 7) is 1.14. The van der Waals surface area contributed by atoms with Crippen LogP contribution in [0.5, 0.6) is 0 Å². The zero-order valence-corrected chi connectivity index (χ0v) is 9.62. The summed E-state index contributed by atoms with van der Waals surface area (Å²) >= 11 is 0. The van der Waals surface area contributed by atoms with E-state index in [9.17, 15) is 13.6 Å². The number of nitrogens with one attached hydrogen (secondary N) is 1. The third kappa shape index (κ3) is 2.17. The lowest BCUT2D eigenvalue weighted by molar-refractivity contribution is -0.122. The second-order valence-corrected chi connectivity index (χ2v) is 5.48. The lowest BCUT2D eigenvalue weighted by atomic mass is 9.98. The number of ether oxygens (including phenoxy) is 1. The second-order valence-electron chi connectivity index (χ2n) is 5.48. The fourth-order valence-electron chi connectivity index (χ4n) is 2.99. The Bertz CT molecular complexity index is 314. The highest BCUT2D eigenvalue weighted by Crippen LogP contribution is 2.61. The first kappa shape index (κ1) is 11.4. The molecule has 1 N–H and O–H groups in total. The Kier molecular flexibility index (Phi) is 2.61. The van der Waals surface area contributed by atoms with Gasteiger partial charge in [0.1, 0.15) is 0 Å². The molecule has 2 aliphatic carbocycles. The summed E-state index contributed by atoms with van der Waals surface area (Å²) in [5, 5.41) is 2.84. The van der Waals surface area contributed by atoms with Gasteiger partial charge in [-0.1, -0.05) is 0 Å². The van der Waals surface area contributed by atoms with Gasteiger partial charge in [0.2, 0.25) is 0 Å². The van der Waals surface area contributed by atoms with Crippen molar-refractivity contribution in [2.45, 2.75) is 37.7 Å². The van der Waals surface area contributed by atoms with Crippen LogP contribution in [-0.2, 0) is 9.53 Å². The SMILES string of the molecule is O=C(NCC1CCC2C(CC1)C2(F)F)C1CO1. The van der Waals surface area contributed by atoms with E-state index < -0.39 is 5.92 Å². The highest BCUT2D eigenvalue weighted by atomic mass is 19.3. The minimum Gasteiger partial charge on any atom is -0.363 e. The zero-order chi connectivity index (χ0) is 12.0. The highest BCUT2D eigenvalue weighted by molar-refractivity contribution is 5.82. The Morgan fingerprint density at radius 2 is 1.82 bits per heavy atom. The number of hydrogen-bond acceptors (Lipinski definition) is 2. The molecule has 3 rings (SSSR count). The van der Waals surface area contributed by atoms with Crippen LogP contribution in [0, 0.1) is 17.8 Å². The molecule has 5 heteroatoms. The molecule has 3 aliphatic rings. The Balaban J connectivity index is 1.43. The van der Waals surface area contributed by atoms with Gasteiger partial charge in [-0.3, -0.25) is 4.79 Å². The number of amides is 1. The van der Waals surface area contributed by atoms with Crippen molar-refractivity contribution in [3.63, 3.8) is 0 Å². The fourth-order valence-corrected chi connectivity index (χ4v) is 2.99. The third-order valence-electron chi connectivity index (χ3n) is 4.33. The Hall–Kier alpha value is -0.710. The number of halogens is 2. The molecule has 3 nitrogen and oxygen atoms in total. The van der Waals surface area contributed by atoms with Crippen molar-refractivity contribution >= 4 is 5.91 Å². The van der Waals surface area contributed by atoms with Crippen LogP contribution in [0.3, 0.4) is 0 Å². The molecule has 0 aromatic carbocycles. The summed E-state index contributed by atoms with van der Waals surface area (Å²) in [5.74, 6) is -2.84. The van der Waals surface area contributed by atoms with Crippen molar-refractivity contribution in [2.24, 2.45) is 17.8 Å². The maximum Gasteiger partial charge on any atom is 0.254 e. The maximum atomic E-state index is 13.2. The molecule has 0 radical (unpaired) electrons. The van der Waals surface area contributed by atoms with Crippen LogP contribution in [0.25, 0.3) is 0 Å². The van der Waals surface area contributed by atoms with Crippen LogP contribution < -0.4 is 5.32 Å². The molecule has 0 spiro atoms. The van der Waals surface area contributed by atoms with E-state index in [1.807, 2.05) is 0 Å². The molecule has 0 aromatic rings. The highest BCUT2D eigenvalue weighted by Gasteiger charge is 2.67. The quantitative estimate of drug-likeness (QED) is 0.767. The first-order chi connectivity index (χ1) is 8.09. The monoisotopic (exact) mass is 245 g/mol. The number of hydrogen-bond donors (Lipinski definition) is 1. The summed E-state index contributed by atoms with van der Waals surface area (Å²) in [6, 6.07) is 0. The van der Waals surface area contributed by atoms with Gasteiger partial charge in [-0.2, -0.15) is 0 Å². The molecule has 3 fully saturated rings. The number of alkyl halides is 2. The van der Waals surface area contributed by atoms with Gasteiger partial charge in [0.15, 0.2) is 6.10 Å². The van der Waals surface area contributed by atoms with Gasteiger partial charge in [-0.15, -0.1) is 0 Å². The topological polar surface area (TPSA) is 41.6 Å². The molecule has 1 saturated heterocycles. The van der Waals surface area contributed by atoms with Gasteiger partial charge in [0.25, 0.3) is 11.8 Å². The molecule has 3 atom stereocenters. The minimum absolute atomic E-state index is 0.0512. The Morgan fingerprint density at radius 1 is 1.24 bits per heavy atom. The van der Waals surface area contributed by atoms with Gasteiger partial charge >= 0.3 is 0 Å². The molecule has 17 heavy (non-hydrogen) atoms. The van der Waals surface area contributed by atoms with Crippen LogP contribution >= 0.6 is 0 Å². The molecule has 1 aliphatic heterocycles. The number of fused-ring (bicyclic) bond motifs is 1. The van der Waals surface area contributed by atoms with Crippen LogP contribution in [0.1, 0.15) is 25.7 Å². The number of carbonyl (C=O) groups is 1. The average molecular weight is 245 g/mol. The first-order valence-corrected chi connectivity index (χ1v) is 6.36. The molecular formula is C12H17F2NO2. The standard InChI is InChI=1S/C12H17F2NO2/c13-12(14)8-3-1-7(2-4-9(8)12)5-15-11(16)10-6-17-10/h7-10H,1-6H2,(H,15,16). The largest absolute Gasteiger partial charge is 0.363 e. The van der Waals surface area contributed by atoms with Crippen molar-refractivity contribution in [2.75, 3.05) is 13.2 Å². The maximum absolute atomic E-state index is 13.2. The molecule has 96 valence electrons. The molecular weight excluding hydrogens is 228 g/mol. The Labute approximate surface area is 98.9 Å². The van der Waals surface area contributed by atoms with E-state index in [0.29, 0.717) is 31.9 Å². The molecule has 3 unspecified atom stereocenters. The van der Waals surface area contributed by atoms with Crippen molar-refractivity contribution in [1.82, 2.24) is 5.32 Å². The normalized spacial score (nSPS) is 42.2. The Morgan fingerprint density at radius 3 is 2.35 bits per heavy atom. The first-order valence-electron chi connectivity index (χ1n) is 6.36. The van der Waals surface area contributed by atoms with Crippen molar-refractivity contribution < 1.29 is 18.3 Å². The predicted molar refractivity (Wildman–Crippen MR) is 56.6 cm³/mol. The molecule has 0 bridgehead atoms. The van der Waals surface area contributed by atoms with Gasteiger partial charge in [-0.05, 0) is 31.6 Å². The summed E-state index contributed by atoms with van der Waals surface area (Å²) in [5.41, 5.74) is 0. The molecule has 1 amide bonds. The van der Waals surface area contributed by atoms with E-state index >= 15 is 0 Å². The molecule has 2 saturated carbocycles. The van der Waals surface area contributed by atoms with E-state index in [1.54, 1.807) is 0 Å². The van der Waals surface area contributed by atoms with Gasteiger partial charge in [0.05, 0.1) is 6.61 Å². The summed E-state index contributed by atoms with van der Waals surface area (Å²) < 4.78 is 31.2. The van der Waals surface area contributed by atoms with Gasteiger partial charge < -0.3 is 10.1 Å². The van der Waals surface area contributed by atoms with Gasteiger partial charge in [-0.25, -0.2) is 8.78 Å². The second kappa shape index (κ2) is 3.90. The summed E-state index contributed by atoms with van der Waals surface area (Å²) in [6.07, 6.45) is 2.58. The number of rotatable bonds is 3. The summed E-state index contributed by atoms with van der Waals surface area (Å²) in [4.78, 5) is 11.4. The number of carbonyl (C=O) groups excluding carboxylic acids is 1. The van der Waals surface area contributed by atoms with E-state index in [-0.39, 0.29) is 23.8 Å². The lowest BCUT2D eigenvalue weighted by Crippen LogP contribution is -2.32. The summed E-state index contributed by atoms with van der Waals surface area (Å²) in [7, 11) is 0. The van der Waals surface area contributed by atoms with E-state index in [1.165, 1.54) is 0 Å². The van der Waals surface area contributed by atoms with E-state index in [0.717, 1.165) is 12.8 Å². The van der Waals surface area contributed by atoms with Crippen LogP contribution in [0.15, 0.2) is 0 Å². The predicted octanol–water partition coefficient (Wildman–Crippen LogP) is 1.57. The van der Waals surface area contributed by atoms with Crippen molar-refractivity contribution in [3.8, 4) is 0 Å². The smallest absolute Gasteiger partial charge is 0.254 e.